The summed E-state index contributed by atoms with van der Waals surface area (Å²) in [5, 5.41) is 12.4. The molecule has 26 heavy (non-hydrogen) atoms. The Morgan fingerprint density at radius 3 is 2.77 bits per heavy atom. The standard InChI is InChI=1S/C21H28N4O/c1-14(2)21-23-19(22-10-5-11-26)12-20(24-21)25-13-15-8-9-18(25)17-7-4-3-6-16(15)17/h3-4,6-7,12,14-15,18,26H,5,8-11,13H2,1-2H3,(H,22,23,24)/t15-,18+/m1/s1. The van der Waals surface area contributed by atoms with Crippen molar-refractivity contribution in [2.75, 3.05) is 29.9 Å². The van der Waals surface area contributed by atoms with E-state index < -0.39 is 0 Å². The van der Waals surface area contributed by atoms with Crippen molar-refractivity contribution < 1.29 is 5.11 Å². The summed E-state index contributed by atoms with van der Waals surface area (Å²) in [6.45, 7) is 6.21. The largest absolute Gasteiger partial charge is 0.396 e. The van der Waals surface area contributed by atoms with Crippen LogP contribution < -0.4 is 10.2 Å². The lowest BCUT2D eigenvalue weighted by Gasteiger charge is -2.47. The number of fused-ring (bicyclic) bond motifs is 2. The lowest BCUT2D eigenvalue weighted by molar-refractivity contribution is 0.292. The predicted octanol–water partition coefficient (Wildman–Crippen LogP) is 3.83. The zero-order valence-electron chi connectivity index (χ0n) is 15.7. The molecule has 5 nitrogen and oxygen atoms in total. The number of benzene rings is 1. The fourth-order valence-corrected chi connectivity index (χ4v) is 4.23. The number of anilines is 2. The van der Waals surface area contributed by atoms with Crippen LogP contribution in [-0.2, 0) is 0 Å². The third-order valence-electron chi connectivity index (χ3n) is 5.56. The van der Waals surface area contributed by atoms with Gasteiger partial charge in [0.25, 0.3) is 0 Å². The van der Waals surface area contributed by atoms with E-state index in [1.807, 2.05) is 0 Å². The van der Waals surface area contributed by atoms with Crippen LogP contribution in [0.15, 0.2) is 30.3 Å². The quantitative estimate of drug-likeness (QED) is 0.774. The van der Waals surface area contributed by atoms with Crippen LogP contribution >= 0.6 is 0 Å². The van der Waals surface area contributed by atoms with Crippen LogP contribution in [0.2, 0.25) is 0 Å². The predicted molar refractivity (Wildman–Crippen MR) is 105 cm³/mol. The molecular weight excluding hydrogens is 324 g/mol. The molecule has 2 aromatic rings. The maximum atomic E-state index is 9.03. The summed E-state index contributed by atoms with van der Waals surface area (Å²) >= 11 is 0. The number of aliphatic hydroxyl groups excluding tert-OH is 1. The Balaban J connectivity index is 1.67. The van der Waals surface area contributed by atoms with Crippen molar-refractivity contribution in [1.29, 1.82) is 0 Å². The molecule has 1 saturated heterocycles. The fourth-order valence-electron chi connectivity index (χ4n) is 4.23. The van der Waals surface area contributed by atoms with Gasteiger partial charge in [-0.25, -0.2) is 9.97 Å². The molecular formula is C21H28N4O. The van der Waals surface area contributed by atoms with E-state index in [0.29, 0.717) is 12.0 Å². The number of nitrogens with zero attached hydrogens (tertiary/aromatic N) is 3. The van der Waals surface area contributed by atoms with Crippen LogP contribution in [0.4, 0.5) is 11.6 Å². The molecule has 0 saturated carbocycles. The normalized spacial score (nSPS) is 21.2. The number of aromatic nitrogens is 2. The van der Waals surface area contributed by atoms with Crippen molar-refractivity contribution in [2.24, 2.45) is 0 Å². The summed E-state index contributed by atoms with van der Waals surface area (Å²) in [5.74, 6) is 3.65. The van der Waals surface area contributed by atoms with E-state index in [1.165, 1.54) is 24.0 Å². The van der Waals surface area contributed by atoms with Crippen LogP contribution in [0.25, 0.3) is 0 Å². The summed E-state index contributed by atoms with van der Waals surface area (Å²) in [5.41, 5.74) is 2.99. The lowest BCUT2D eigenvalue weighted by atomic mass is 9.75. The van der Waals surface area contributed by atoms with Crippen molar-refractivity contribution in [2.45, 2.75) is 51.0 Å². The molecule has 0 spiro atoms. The lowest BCUT2D eigenvalue weighted by Crippen LogP contribution is -2.43. The van der Waals surface area contributed by atoms with E-state index >= 15 is 0 Å². The minimum Gasteiger partial charge on any atom is -0.396 e. The molecule has 138 valence electrons. The van der Waals surface area contributed by atoms with Crippen molar-refractivity contribution in [3.63, 3.8) is 0 Å². The Hall–Kier alpha value is -2.14. The van der Waals surface area contributed by atoms with Crippen molar-refractivity contribution >= 4 is 11.6 Å². The first kappa shape index (κ1) is 17.3. The third kappa shape index (κ3) is 3.16. The molecule has 2 aliphatic heterocycles. The Kier molecular flexibility index (Phi) is 4.81. The second-order valence-electron chi connectivity index (χ2n) is 7.70. The van der Waals surface area contributed by atoms with Gasteiger partial charge in [-0.1, -0.05) is 38.1 Å². The first-order chi connectivity index (χ1) is 12.7. The van der Waals surface area contributed by atoms with Gasteiger partial charge in [0.2, 0.25) is 0 Å². The molecule has 2 N–H and O–H groups in total. The SMILES string of the molecule is CC(C)c1nc(NCCCO)cc(N2C[C@H]3CC[C@H]2c2ccccc23)n1. The van der Waals surface area contributed by atoms with Gasteiger partial charge in [-0.3, -0.25) is 0 Å². The second-order valence-corrected chi connectivity index (χ2v) is 7.70. The van der Waals surface area contributed by atoms with Gasteiger partial charge < -0.3 is 15.3 Å². The smallest absolute Gasteiger partial charge is 0.135 e. The van der Waals surface area contributed by atoms with Crippen LogP contribution in [0.3, 0.4) is 0 Å². The Morgan fingerprint density at radius 1 is 1.19 bits per heavy atom. The maximum absolute atomic E-state index is 9.03. The number of piperidine rings is 1. The van der Waals surface area contributed by atoms with Crippen molar-refractivity contribution in [3.05, 3.63) is 47.3 Å². The number of aliphatic hydroxyl groups is 1. The van der Waals surface area contributed by atoms with Crippen LogP contribution in [0.1, 0.15) is 67.9 Å². The van der Waals surface area contributed by atoms with Crippen LogP contribution in [0, 0.1) is 0 Å². The van der Waals surface area contributed by atoms with Gasteiger partial charge in [0.05, 0.1) is 6.04 Å². The van der Waals surface area contributed by atoms with Gasteiger partial charge in [-0.05, 0) is 30.4 Å². The van der Waals surface area contributed by atoms with E-state index in [2.05, 4.69) is 59.4 Å². The van der Waals surface area contributed by atoms with Gasteiger partial charge in [0.1, 0.15) is 17.5 Å². The minimum absolute atomic E-state index is 0.189. The molecule has 2 atom stereocenters. The highest BCUT2D eigenvalue weighted by molar-refractivity contribution is 5.55. The average Bonchev–Trinajstić information content (AvgIpc) is 2.68. The number of hydrogen-bond acceptors (Lipinski definition) is 5. The fraction of sp³-hybridized carbons (Fsp3) is 0.524. The third-order valence-corrected chi connectivity index (χ3v) is 5.56. The summed E-state index contributed by atoms with van der Waals surface area (Å²) in [4.78, 5) is 12.1. The maximum Gasteiger partial charge on any atom is 0.135 e. The van der Waals surface area contributed by atoms with Crippen molar-refractivity contribution in [1.82, 2.24) is 9.97 Å². The molecule has 0 amide bonds. The molecule has 3 aliphatic rings. The van der Waals surface area contributed by atoms with E-state index in [4.69, 9.17) is 10.1 Å². The van der Waals surface area contributed by atoms with Gasteiger partial charge >= 0.3 is 0 Å². The first-order valence-corrected chi connectivity index (χ1v) is 9.76. The van der Waals surface area contributed by atoms with Gasteiger partial charge in [-0.15, -0.1) is 0 Å². The van der Waals surface area contributed by atoms with E-state index in [9.17, 15) is 0 Å². The first-order valence-electron chi connectivity index (χ1n) is 9.76. The summed E-state index contributed by atoms with van der Waals surface area (Å²) in [6, 6.07) is 11.4. The summed E-state index contributed by atoms with van der Waals surface area (Å²) in [6.07, 6.45) is 3.18. The van der Waals surface area contributed by atoms with E-state index in [-0.39, 0.29) is 12.5 Å². The van der Waals surface area contributed by atoms with E-state index in [1.54, 1.807) is 0 Å². The molecule has 5 rings (SSSR count). The van der Waals surface area contributed by atoms with Crippen LogP contribution in [0.5, 0.6) is 0 Å². The topological polar surface area (TPSA) is 61.3 Å². The zero-order valence-corrected chi connectivity index (χ0v) is 15.7. The molecule has 1 aliphatic carbocycles. The van der Waals surface area contributed by atoms with Gasteiger partial charge in [0, 0.05) is 37.6 Å². The monoisotopic (exact) mass is 352 g/mol. The number of hydrogen-bond donors (Lipinski definition) is 2. The van der Waals surface area contributed by atoms with Crippen molar-refractivity contribution in [3.8, 4) is 0 Å². The minimum atomic E-state index is 0.189. The molecule has 2 bridgehead atoms. The average molecular weight is 352 g/mol. The number of nitrogens with one attached hydrogen (secondary N) is 1. The molecule has 0 unspecified atom stereocenters. The molecule has 1 aromatic heterocycles. The molecule has 1 aromatic carbocycles. The zero-order chi connectivity index (χ0) is 18.1. The Morgan fingerprint density at radius 2 is 2.00 bits per heavy atom. The highest BCUT2D eigenvalue weighted by Gasteiger charge is 2.38. The molecule has 5 heteroatoms. The van der Waals surface area contributed by atoms with Gasteiger partial charge in [0.15, 0.2) is 0 Å². The molecule has 1 fully saturated rings. The highest BCUT2D eigenvalue weighted by Crippen LogP contribution is 2.48. The Labute approximate surface area is 155 Å². The van der Waals surface area contributed by atoms with E-state index in [0.717, 1.165) is 37.0 Å². The van der Waals surface area contributed by atoms with Crippen LogP contribution in [-0.4, -0.2) is 34.8 Å². The summed E-state index contributed by atoms with van der Waals surface area (Å²) in [7, 11) is 0. The van der Waals surface area contributed by atoms with Gasteiger partial charge in [-0.2, -0.15) is 0 Å². The second kappa shape index (κ2) is 7.23. The number of rotatable bonds is 6. The highest BCUT2D eigenvalue weighted by atomic mass is 16.3. The summed E-state index contributed by atoms with van der Waals surface area (Å²) < 4.78 is 0. The molecule has 0 radical (unpaired) electrons. The Bertz CT molecular complexity index is 776. The molecule has 3 heterocycles.